The summed E-state index contributed by atoms with van der Waals surface area (Å²) in [7, 11) is -0.724. The van der Waals surface area contributed by atoms with Crippen LogP contribution in [0.3, 0.4) is 0 Å². The van der Waals surface area contributed by atoms with Crippen molar-refractivity contribution in [1.82, 2.24) is 5.32 Å². The number of hydrogen-bond acceptors (Lipinski definition) is 4. The van der Waals surface area contributed by atoms with Crippen LogP contribution in [0.2, 0.25) is 5.02 Å². The Morgan fingerprint density at radius 3 is 2.58 bits per heavy atom. The van der Waals surface area contributed by atoms with Crippen LogP contribution in [0.25, 0.3) is 0 Å². The lowest BCUT2D eigenvalue weighted by Gasteiger charge is -2.36. The molecule has 0 radical (unpaired) electrons. The van der Waals surface area contributed by atoms with Crippen LogP contribution >= 0.6 is 11.6 Å². The number of amides is 2. The minimum Gasteiger partial charge on any atom is -0.368 e. The van der Waals surface area contributed by atoms with Crippen LogP contribution in [0, 0.1) is 18.8 Å². The third kappa shape index (κ3) is 5.55. The number of anilines is 1. The fraction of sp³-hybridized carbons (Fsp3) is 0.609. The first-order valence-electron chi connectivity index (χ1n) is 11.0. The van der Waals surface area contributed by atoms with Crippen molar-refractivity contribution in [2.75, 3.05) is 29.5 Å². The second-order valence-corrected chi connectivity index (χ2v) is 10.8. The van der Waals surface area contributed by atoms with Crippen molar-refractivity contribution in [3.05, 3.63) is 28.3 Å². The summed E-state index contributed by atoms with van der Waals surface area (Å²) in [4.78, 5) is 31.7. The number of carbonyl (C=O) groups excluding carboxylic acids is 2. The summed E-state index contributed by atoms with van der Waals surface area (Å²) in [5, 5.41) is 3.44. The van der Waals surface area contributed by atoms with Gasteiger partial charge in [0.1, 0.15) is 0 Å². The van der Waals surface area contributed by atoms with Crippen molar-refractivity contribution in [2.24, 2.45) is 16.8 Å². The molecular formula is C23H32ClN3O3S. The average Bonchev–Trinajstić information content (AvgIpc) is 2.71. The van der Waals surface area contributed by atoms with Gasteiger partial charge in [0, 0.05) is 63.4 Å². The van der Waals surface area contributed by atoms with Crippen LogP contribution in [0.15, 0.2) is 17.1 Å². The van der Waals surface area contributed by atoms with Crippen LogP contribution in [0.4, 0.5) is 5.69 Å². The number of carbonyl (C=O) groups is 2. The lowest BCUT2D eigenvalue weighted by molar-refractivity contribution is -0.123. The standard InChI is InChI=1S/C23H32ClN3O3S/c1-5-27(18-6-8-31(30)9-7-18)21-12-17(24)11-19(16(21)4)22(28)25-13-20-14(2)10-15(3)26-23(20)29/h11-12,14,18,20H,5-10,13H2,1-4H3,(H,25,28). The summed E-state index contributed by atoms with van der Waals surface area (Å²) in [6.45, 7) is 8.96. The molecule has 1 fully saturated rings. The molecule has 1 N–H and O–H groups in total. The normalized spacial score (nSPS) is 26.4. The molecule has 0 saturated carbocycles. The first-order valence-corrected chi connectivity index (χ1v) is 12.9. The van der Waals surface area contributed by atoms with Crippen LogP contribution in [0.5, 0.6) is 0 Å². The molecule has 1 aromatic rings. The van der Waals surface area contributed by atoms with Crippen LogP contribution in [-0.4, -0.2) is 52.4 Å². The summed E-state index contributed by atoms with van der Waals surface area (Å²) in [6, 6.07) is 3.89. The molecule has 6 nitrogen and oxygen atoms in total. The van der Waals surface area contributed by atoms with Gasteiger partial charge in [-0.15, -0.1) is 0 Å². The van der Waals surface area contributed by atoms with Gasteiger partial charge in [-0.2, -0.15) is 0 Å². The maximum atomic E-state index is 13.0. The number of aliphatic imine (C=N–C) groups is 1. The van der Waals surface area contributed by atoms with Crippen molar-refractivity contribution in [3.8, 4) is 0 Å². The van der Waals surface area contributed by atoms with Crippen LogP contribution < -0.4 is 10.2 Å². The lowest BCUT2D eigenvalue weighted by atomic mass is 9.86. The number of rotatable bonds is 6. The van der Waals surface area contributed by atoms with Gasteiger partial charge in [0.25, 0.3) is 11.8 Å². The molecule has 0 bridgehead atoms. The van der Waals surface area contributed by atoms with Crippen LogP contribution in [0.1, 0.15) is 56.0 Å². The zero-order chi connectivity index (χ0) is 22.7. The summed E-state index contributed by atoms with van der Waals surface area (Å²) < 4.78 is 11.8. The molecule has 0 aliphatic carbocycles. The van der Waals surface area contributed by atoms with E-state index in [2.05, 4.69) is 22.1 Å². The quantitative estimate of drug-likeness (QED) is 0.693. The third-order valence-electron chi connectivity index (χ3n) is 6.44. The fourth-order valence-electron chi connectivity index (χ4n) is 4.67. The van der Waals surface area contributed by atoms with E-state index >= 15 is 0 Å². The van der Waals surface area contributed by atoms with Gasteiger partial charge in [-0.25, -0.2) is 4.99 Å². The molecule has 1 aromatic carbocycles. The molecular weight excluding hydrogens is 434 g/mol. The number of hydrogen-bond donors (Lipinski definition) is 1. The van der Waals surface area contributed by atoms with E-state index in [1.165, 1.54) is 0 Å². The molecule has 0 aromatic heterocycles. The average molecular weight is 466 g/mol. The Balaban J connectivity index is 1.78. The highest BCUT2D eigenvalue weighted by molar-refractivity contribution is 7.85. The maximum absolute atomic E-state index is 13.0. The zero-order valence-electron chi connectivity index (χ0n) is 18.7. The molecule has 3 rings (SSSR count). The molecule has 2 amide bonds. The topological polar surface area (TPSA) is 78.8 Å². The molecule has 1 saturated heterocycles. The Bertz CT molecular complexity index is 908. The van der Waals surface area contributed by atoms with Crippen molar-refractivity contribution >= 4 is 45.6 Å². The molecule has 170 valence electrons. The molecule has 2 aliphatic rings. The lowest BCUT2D eigenvalue weighted by Crippen LogP contribution is -2.41. The van der Waals surface area contributed by atoms with E-state index in [0.29, 0.717) is 22.1 Å². The molecule has 8 heteroatoms. The zero-order valence-corrected chi connectivity index (χ0v) is 20.3. The monoisotopic (exact) mass is 465 g/mol. The minimum absolute atomic E-state index is 0.147. The number of nitrogens with zero attached hydrogens (tertiary/aromatic N) is 2. The highest BCUT2D eigenvalue weighted by Crippen LogP contribution is 2.32. The van der Waals surface area contributed by atoms with Crippen LogP contribution in [-0.2, 0) is 15.6 Å². The van der Waals surface area contributed by atoms with Gasteiger partial charge < -0.3 is 10.2 Å². The number of benzene rings is 1. The smallest absolute Gasteiger partial charge is 0.251 e. The van der Waals surface area contributed by atoms with Gasteiger partial charge in [-0.3, -0.25) is 13.8 Å². The highest BCUT2D eigenvalue weighted by Gasteiger charge is 2.30. The Labute approximate surface area is 192 Å². The summed E-state index contributed by atoms with van der Waals surface area (Å²) >= 11 is 6.41. The molecule has 2 aliphatic heterocycles. The molecule has 0 spiro atoms. The third-order valence-corrected chi connectivity index (χ3v) is 8.04. The van der Waals surface area contributed by atoms with E-state index in [0.717, 1.165) is 42.8 Å². The second kappa shape index (κ2) is 10.3. The van der Waals surface area contributed by atoms with E-state index in [9.17, 15) is 13.8 Å². The first-order chi connectivity index (χ1) is 14.7. The van der Waals surface area contributed by atoms with Crippen molar-refractivity contribution < 1.29 is 13.8 Å². The molecule has 2 heterocycles. The van der Waals surface area contributed by atoms with Gasteiger partial charge in [0.05, 0.1) is 5.92 Å². The van der Waals surface area contributed by atoms with Gasteiger partial charge in [0.2, 0.25) is 0 Å². The predicted molar refractivity (Wildman–Crippen MR) is 128 cm³/mol. The Kier molecular flexibility index (Phi) is 7.92. The predicted octanol–water partition coefficient (Wildman–Crippen LogP) is 3.76. The SMILES string of the molecule is CCN(c1cc(Cl)cc(C(=O)NCC2C(=O)N=C(C)CC2C)c1C)C1CCS(=O)CC1. The fourth-order valence-corrected chi connectivity index (χ4v) is 6.16. The van der Waals surface area contributed by atoms with Gasteiger partial charge >= 0.3 is 0 Å². The summed E-state index contributed by atoms with van der Waals surface area (Å²) in [5.74, 6) is 0.878. The van der Waals surface area contributed by atoms with Crippen molar-refractivity contribution in [3.63, 3.8) is 0 Å². The van der Waals surface area contributed by atoms with E-state index in [-0.39, 0.29) is 36.2 Å². The second-order valence-electron chi connectivity index (χ2n) is 8.65. The minimum atomic E-state index is -0.724. The van der Waals surface area contributed by atoms with E-state index in [4.69, 9.17) is 11.6 Å². The Morgan fingerprint density at radius 2 is 1.97 bits per heavy atom. The highest BCUT2D eigenvalue weighted by atomic mass is 35.5. The Morgan fingerprint density at radius 1 is 1.29 bits per heavy atom. The van der Waals surface area contributed by atoms with Gasteiger partial charge in [-0.05, 0) is 63.6 Å². The van der Waals surface area contributed by atoms with Gasteiger partial charge in [0.15, 0.2) is 0 Å². The van der Waals surface area contributed by atoms with E-state index in [1.54, 1.807) is 6.07 Å². The molecule has 31 heavy (non-hydrogen) atoms. The van der Waals surface area contributed by atoms with E-state index < -0.39 is 10.8 Å². The van der Waals surface area contributed by atoms with Gasteiger partial charge in [-0.1, -0.05) is 18.5 Å². The maximum Gasteiger partial charge on any atom is 0.251 e. The molecule has 2 unspecified atom stereocenters. The molecule has 2 atom stereocenters. The number of nitrogens with one attached hydrogen (secondary N) is 1. The van der Waals surface area contributed by atoms with E-state index in [1.807, 2.05) is 26.8 Å². The largest absolute Gasteiger partial charge is 0.368 e. The van der Waals surface area contributed by atoms with Crippen molar-refractivity contribution in [2.45, 2.75) is 53.0 Å². The first kappa shape index (κ1) is 23.9. The Hall–Kier alpha value is -1.73. The summed E-state index contributed by atoms with van der Waals surface area (Å²) in [5.41, 5.74) is 3.19. The van der Waals surface area contributed by atoms with Crippen molar-refractivity contribution in [1.29, 1.82) is 0 Å². The number of halogens is 1. The summed E-state index contributed by atoms with van der Waals surface area (Å²) in [6.07, 6.45) is 2.51.